The number of thioether (sulfide) groups is 1. The minimum absolute atomic E-state index is 0.0906. The largest absolute Gasteiger partial charge is 0.298 e. The Hall–Kier alpha value is -0.470. The van der Waals surface area contributed by atoms with Crippen molar-refractivity contribution < 1.29 is 4.79 Å². The molecule has 0 saturated heterocycles. The summed E-state index contributed by atoms with van der Waals surface area (Å²) < 4.78 is 0. The molecule has 0 fully saturated rings. The number of Topliss-reactive ketones (excluding diaryl/α,β-unsaturated/α-hetero) is 1. The van der Waals surface area contributed by atoms with E-state index in [-0.39, 0.29) is 11.7 Å². The van der Waals surface area contributed by atoms with Crippen molar-refractivity contribution in [2.45, 2.75) is 24.7 Å². The molecule has 0 atom stereocenters. The average Bonchev–Trinajstić information content (AvgIpc) is 2.29. The molecule has 0 N–H and O–H groups in total. The van der Waals surface area contributed by atoms with Gasteiger partial charge in [-0.05, 0) is 29.9 Å². The monoisotopic (exact) mass is 242 g/mol. The zero-order valence-electron chi connectivity index (χ0n) is 9.05. The molecule has 0 heterocycles. The van der Waals surface area contributed by atoms with E-state index in [0.717, 1.165) is 12.0 Å². The van der Waals surface area contributed by atoms with Crippen LogP contribution >= 0.6 is 23.4 Å². The Morgan fingerprint density at radius 1 is 1.47 bits per heavy atom. The van der Waals surface area contributed by atoms with E-state index >= 15 is 0 Å². The van der Waals surface area contributed by atoms with Crippen LogP contribution in [-0.4, -0.2) is 17.9 Å². The normalized spacial score (nSPS) is 10.3. The van der Waals surface area contributed by atoms with Crippen molar-refractivity contribution in [1.29, 1.82) is 0 Å². The van der Waals surface area contributed by atoms with Crippen molar-refractivity contribution >= 4 is 29.1 Å². The molecule has 0 unspecified atom stereocenters. The fourth-order valence-electron chi connectivity index (χ4n) is 1.58. The molecule has 0 amide bonds. The first-order chi connectivity index (χ1) is 7.22. The first kappa shape index (κ1) is 12.6. The topological polar surface area (TPSA) is 17.1 Å². The lowest BCUT2D eigenvalue weighted by atomic mass is 10.0. The average molecular weight is 243 g/mol. The Bertz CT molecular complexity index is 327. The van der Waals surface area contributed by atoms with Gasteiger partial charge in [0, 0.05) is 11.3 Å². The first-order valence-electron chi connectivity index (χ1n) is 4.95. The third-order valence-electron chi connectivity index (χ3n) is 2.35. The summed E-state index contributed by atoms with van der Waals surface area (Å²) in [6, 6.07) is 6.18. The molecule has 82 valence electrons. The highest BCUT2D eigenvalue weighted by atomic mass is 35.5. The summed E-state index contributed by atoms with van der Waals surface area (Å²) in [5.74, 6) is 0.194. The molecule has 0 aliphatic carbocycles. The molecule has 1 aromatic rings. The van der Waals surface area contributed by atoms with Gasteiger partial charge in [-0.3, -0.25) is 4.79 Å². The van der Waals surface area contributed by atoms with Crippen LogP contribution in [0, 0.1) is 0 Å². The van der Waals surface area contributed by atoms with Crippen molar-refractivity contribution in [3.05, 3.63) is 29.3 Å². The van der Waals surface area contributed by atoms with Gasteiger partial charge < -0.3 is 0 Å². The predicted octanol–water partition coefficient (Wildman–Crippen LogP) is 3.32. The summed E-state index contributed by atoms with van der Waals surface area (Å²) in [5.41, 5.74) is 2.40. The molecule has 0 spiro atoms. The number of halogens is 1. The van der Waals surface area contributed by atoms with Crippen LogP contribution < -0.4 is 0 Å². The Balaban J connectivity index is 3.05. The van der Waals surface area contributed by atoms with Crippen LogP contribution in [-0.2, 0) is 17.6 Å². The Morgan fingerprint density at radius 3 is 2.73 bits per heavy atom. The Morgan fingerprint density at radius 2 is 2.20 bits per heavy atom. The second kappa shape index (κ2) is 6.19. The first-order valence-corrected chi connectivity index (χ1v) is 6.71. The molecule has 3 heteroatoms. The lowest BCUT2D eigenvalue weighted by Gasteiger charge is -2.11. The van der Waals surface area contributed by atoms with E-state index in [1.165, 1.54) is 10.5 Å². The molecular formula is C12H15ClOS. The van der Waals surface area contributed by atoms with E-state index < -0.39 is 0 Å². The summed E-state index contributed by atoms with van der Waals surface area (Å²) in [7, 11) is 0. The molecule has 0 bridgehead atoms. The molecule has 0 aliphatic heterocycles. The number of aryl methyl sites for hydroxylation is 1. The van der Waals surface area contributed by atoms with Crippen LogP contribution in [0.3, 0.4) is 0 Å². The molecule has 0 aromatic heterocycles. The zero-order chi connectivity index (χ0) is 11.3. The number of hydrogen-bond donors (Lipinski definition) is 0. The van der Waals surface area contributed by atoms with Gasteiger partial charge in [0.05, 0.1) is 5.88 Å². The smallest absolute Gasteiger partial charge is 0.152 e. The van der Waals surface area contributed by atoms with Crippen LogP contribution in [0.4, 0.5) is 0 Å². The van der Waals surface area contributed by atoms with Crippen LogP contribution in [0.5, 0.6) is 0 Å². The number of ketones is 1. The summed E-state index contributed by atoms with van der Waals surface area (Å²) in [6.07, 6.45) is 3.45. The van der Waals surface area contributed by atoms with Crippen molar-refractivity contribution in [3.63, 3.8) is 0 Å². The Kier molecular flexibility index (Phi) is 5.20. The molecule has 0 radical (unpaired) electrons. The molecule has 15 heavy (non-hydrogen) atoms. The summed E-state index contributed by atoms with van der Waals surface area (Å²) in [4.78, 5) is 12.6. The lowest BCUT2D eigenvalue weighted by molar-refractivity contribution is -0.116. The molecule has 1 nitrogen and oxygen atoms in total. The SMILES string of the molecule is CCc1cccc(SC)c1CC(=O)CCl. The maximum Gasteiger partial charge on any atom is 0.152 e. The summed E-state index contributed by atoms with van der Waals surface area (Å²) in [6.45, 7) is 2.11. The van der Waals surface area contributed by atoms with Gasteiger partial charge in [-0.15, -0.1) is 23.4 Å². The number of carbonyl (C=O) groups excluding carboxylic acids is 1. The standard InChI is InChI=1S/C12H15ClOS/c1-3-9-5-4-6-12(15-2)11(9)7-10(14)8-13/h4-6H,3,7-8H2,1-2H3. The second-order valence-corrected chi connectivity index (χ2v) is 4.42. The van der Waals surface area contributed by atoms with E-state index in [9.17, 15) is 4.79 Å². The molecule has 1 aromatic carbocycles. The van der Waals surface area contributed by atoms with E-state index in [2.05, 4.69) is 19.1 Å². The van der Waals surface area contributed by atoms with Crippen molar-refractivity contribution in [2.75, 3.05) is 12.1 Å². The van der Waals surface area contributed by atoms with E-state index in [0.29, 0.717) is 6.42 Å². The van der Waals surface area contributed by atoms with Crippen LogP contribution in [0.2, 0.25) is 0 Å². The second-order valence-electron chi connectivity index (χ2n) is 3.30. The van der Waals surface area contributed by atoms with Crippen molar-refractivity contribution in [2.24, 2.45) is 0 Å². The maximum atomic E-state index is 11.4. The number of benzene rings is 1. The number of alkyl halides is 1. The van der Waals surface area contributed by atoms with Crippen LogP contribution in [0.25, 0.3) is 0 Å². The van der Waals surface area contributed by atoms with Crippen LogP contribution in [0.1, 0.15) is 18.1 Å². The van der Waals surface area contributed by atoms with E-state index in [1.807, 2.05) is 12.3 Å². The highest BCUT2D eigenvalue weighted by Gasteiger charge is 2.10. The van der Waals surface area contributed by atoms with Gasteiger partial charge in [-0.25, -0.2) is 0 Å². The highest BCUT2D eigenvalue weighted by Crippen LogP contribution is 2.24. The Labute approximate surface area is 100 Å². The molecule has 0 aliphatic rings. The maximum absolute atomic E-state index is 11.4. The van der Waals surface area contributed by atoms with Crippen molar-refractivity contribution in [3.8, 4) is 0 Å². The van der Waals surface area contributed by atoms with Gasteiger partial charge >= 0.3 is 0 Å². The fourth-order valence-corrected chi connectivity index (χ4v) is 2.34. The minimum Gasteiger partial charge on any atom is -0.298 e. The fraction of sp³-hybridized carbons (Fsp3) is 0.417. The molecule has 0 saturated carbocycles. The van der Waals surface area contributed by atoms with Crippen LogP contribution in [0.15, 0.2) is 23.1 Å². The third-order valence-corrected chi connectivity index (χ3v) is 3.47. The van der Waals surface area contributed by atoms with Gasteiger partial charge in [0.2, 0.25) is 0 Å². The van der Waals surface area contributed by atoms with Gasteiger partial charge in [-0.2, -0.15) is 0 Å². The molecule has 1 rings (SSSR count). The number of hydrogen-bond acceptors (Lipinski definition) is 2. The van der Waals surface area contributed by atoms with E-state index in [1.54, 1.807) is 11.8 Å². The van der Waals surface area contributed by atoms with Gasteiger partial charge in [0.1, 0.15) is 0 Å². The minimum atomic E-state index is 0.0906. The number of rotatable bonds is 5. The quantitative estimate of drug-likeness (QED) is 0.582. The third kappa shape index (κ3) is 3.25. The summed E-state index contributed by atoms with van der Waals surface area (Å²) >= 11 is 7.22. The van der Waals surface area contributed by atoms with Gasteiger partial charge in [0.25, 0.3) is 0 Å². The predicted molar refractivity (Wildman–Crippen MR) is 67.0 cm³/mol. The van der Waals surface area contributed by atoms with Gasteiger partial charge in [-0.1, -0.05) is 19.1 Å². The summed E-state index contributed by atoms with van der Waals surface area (Å²) in [5, 5.41) is 0. The van der Waals surface area contributed by atoms with Gasteiger partial charge in [0.15, 0.2) is 5.78 Å². The van der Waals surface area contributed by atoms with Crippen molar-refractivity contribution in [1.82, 2.24) is 0 Å². The molecular weight excluding hydrogens is 228 g/mol. The van der Waals surface area contributed by atoms with E-state index in [4.69, 9.17) is 11.6 Å². The zero-order valence-corrected chi connectivity index (χ0v) is 10.6. The highest BCUT2D eigenvalue weighted by molar-refractivity contribution is 7.98. The lowest BCUT2D eigenvalue weighted by Crippen LogP contribution is -2.07. The number of carbonyl (C=O) groups is 1.